The van der Waals surface area contributed by atoms with Crippen molar-refractivity contribution in [3.63, 3.8) is 0 Å². The van der Waals surface area contributed by atoms with E-state index in [2.05, 4.69) is 24.1 Å². The van der Waals surface area contributed by atoms with Gasteiger partial charge in [-0.05, 0) is 80.9 Å². The van der Waals surface area contributed by atoms with Gasteiger partial charge in [0.2, 0.25) is 0 Å². The van der Waals surface area contributed by atoms with Gasteiger partial charge in [-0.2, -0.15) is 0 Å². The van der Waals surface area contributed by atoms with E-state index in [0.29, 0.717) is 12.0 Å². The number of piperidine rings is 1. The number of nitrogens with zero attached hydrogens (tertiary/aromatic N) is 1. The summed E-state index contributed by atoms with van der Waals surface area (Å²) >= 11 is 0. The molecule has 110 valence electrons. The first kappa shape index (κ1) is 13.9. The summed E-state index contributed by atoms with van der Waals surface area (Å²) in [6, 6.07) is 4.79. The highest BCUT2D eigenvalue weighted by molar-refractivity contribution is 5.48. The summed E-state index contributed by atoms with van der Waals surface area (Å²) in [6.07, 6.45) is 5.71. The van der Waals surface area contributed by atoms with Crippen molar-refractivity contribution in [1.29, 1.82) is 0 Å². The SMILES string of the molecule is COc1ccc(C2CCN(C)CC2)c2c1CC[C@@H](N)C2. The number of methoxy groups -OCH3 is 1. The van der Waals surface area contributed by atoms with Crippen LogP contribution in [-0.2, 0) is 12.8 Å². The van der Waals surface area contributed by atoms with Crippen molar-refractivity contribution >= 4 is 0 Å². The van der Waals surface area contributed by atoms with Gasteiger partial charge in [-0.1, -0.05) is 6.07 Å². The second-order valence-corrected chi connectivity index (χ2v) is 6.39. The number of hydrogen-bond acceptors (Lipinski definition) is 3. The number of benzene rings is 1. The molecule has 3 rings (SSSR count). The van der Waals surface area contributed by atoms with Gasteiger partial charge < -0.3 is 15.4 Å². The summed E-state index contributed by atoms with van der Waals surface area (Å²) in [5, 5.41) is 0. The minimum atomic E-state index is 0.319. The first-order valence-electron chi connectivity index (χ1n) is 7.81. The third-order valence-corrected chi connectivity index (χ3v) is 5.03. The van der Waals surface area contributed by atoms with Crippen molar-refractivity contribution < 1.29 is 4.74 Å². The molecule has 0 bridgehead atoms. The van der Waals surface area contributed by atoms with Crippen LogP contribution < -0.4 is 10.5 Å². The number of rotatable bonds is 2. The molecule has 0 saturated carbocycles. The Balaban J connectivity index is 1.95. The lowest BCUT2D eigenvalue weighted by Gasteiger charge is -2.33. The number of ether oxygens (including phenoxy) is 1. The van der Waals surface area contributed by atoms with Crippen LogP contribution in [0.25, 0.3) is 0 Å². The summed E-state index contributed by atoms with van der Waals surface area (Å²) < 4.78 is 5.56. The highest BCUT2D eigenvalue weighted by atomic mass is 16.5. The summed E-state index contributed by atoms with van der Waals surface area (Å²) in [7, 11) is 4.00. The Morgan fingerprint density at radius 1 is 1.15 bits per heavy atom. The van der Waals surface area contributed by atoms with Crippen molar-refractivity contribution in [1.82, 2.24) is 4.90 Å². The summed E-state index contributed by atoms with van der Waals surface area (Å²) in [6.45, 7) is 2.41. The molecular formula is C17H26N2O. The van der Waals surface area contributed by atoms with Crippen LogP contribution in [0.1, 0.15) is 41.9 Å². The largest absolute Gasteiger partial charge is 0.496 e. The fraction of sp³-hybridized carbons (Fsp3) is 0.647. The van der Waals surface area contributed by atoms with Crippen LogP contribution in [0.15, 0.2) is 12.1 Å². The fourth-order valence-electron chi connectivity index (χ4n) is 3.79. The van der Waals surface area contributed by atoms with Crippen molar-refractivity contribution in [2.24, 2.45) is 5.73 Å². The Morgan fingerprint density at radius 2 is 1.90 bits per heavy atom. The third kappa shape index (κ3) is 2.57. The van der Waals surface area contributed by atoms with Gasteiger partial charge in [-0.3, -0.25) is 0 Å². The van der Waals surface area contributed by atoms with Crippen LogP contribution in [0.2, 0.25) is 0 Å². The molecule has 3 nitrogen and oxygen atoms in total. The molecule has 2 N–H and O–H groups in total. The minimum absolute atomic E-state index is 0.319. The molecule has 1 heterocycles. The van der Waals surface area contributed by atoms with E-state index in [1.54, 1.807) is 12.7 Å². The fourth-order valence-corrected chi connectivity index (χ4v) is 3.79. The van der Waals surface area contributed by atoms with Gasteiger partial charge in [0.1, 0.15) is 5.75 Å². The molecule has 1 fully saturated rings. The molecule has 1 saturated heterocycles. The van der Waals surface area contributed by atoms with Gasteiger partial charge in [0.05, 0.1) is 7.11 Å². The molecule has 1 aromatic carbocycles. The molecule has 2 aliphatic rings. The number of hydrogen-bond donors (Lipinski definition) is 1. The van der Waals surface area contributed by atoms with Crippen LogP contribution in [-0.4, -0.2) is 38.2 Å². The topological polar surface area (TPSA) is 38.5 Å². The van der Waals surface area contributed by atoms with E-state index in [-0.39, 0.29) is 0 Å². The van der Waals surface area contributed by atoms with E-state index >= 15 is 0 Å². The molecule has 1 aliphatic heterocycles. The van der Waals surface area contributed by atoms with Crippen molar-refractivity contribution in [2.45, 2.75) is 44.1 Å². The van der Waals surface area contributed by atoms with Gasteiger partial charge in [0.25, 0.3) is 0 Å². The number of fused-ring (bicyclic) bond motifs is 1. The van der Waals surface area contributed by atoms with Crippen molar-refractivity contribution in [3.8, 4) is 5.75 Å². The standard InChI is InChI=1S/C17H26N2O/c1-19-9-7-12(8-10-19)14-5-6-17(20-2)15-4-3-13(18)11-16(14)15/h5-6,12-13H,3-4,7-11,18H2,1-2H3/t13-/m1/s1. The Morgan fingerprint density at radius 3 is 2.60 bits per heavy atom. The van der Waals surface area contributed by atoms with Gasteiger partial charge in [-0.15, -0.1) is 0 Å². The normalized spacial score (nSPS) is 24.4. The second kappa shape index (κ2) is 5.74. The molecule has 0 radical (unpaired) electrons. The summed E-state index contributed by atoms with van der Waals surface area (Å²) in [5.74, 6) is 1.76. The van der Waals surface area contributed by atoms with Gasteiger partial charge in [0.15, 0.2) is 0 Å². The second-order valence-electron chi connectivity index (χ2n) is 6.39. The Bertz CT molecular complexity index is 478. The zero-order valence-corrected chi connectivity index (χ0v) is 12.7. The first-order valence-corrected chi connectivity index (χ1v) is 7.81. The van der Waals surface area contributed by atoms with Gasteiger partial charge in [-0.25, -0.2) is 0 Å². The van der Waals surface area contributed by atoms with E-state index < -0.39 is 0 Å². The van der Waals surface area contributed by atoms with Gasteiger partial charge in [0, 0.05) is 6.04 Å². The highest BCUT2D eigenvalue weighted by Crippen LogP contribution is 2.38. The van der Waals surface area contributed by atoms with E-state index in [1.165, 1.54) is 37.1 Å². The Labute approximate surface area is 122 Å². The number of likely N-dealkylation sites (tertiary alicyclic amines) is 1. The molecule has 3 heteroatoms. The monoisotopic (exact) mass is 274 g/mol. The molecule has 0 amide bonds. The van der Waals surface area contributed by atoms with E-state index in [4.69, 9.17) is 10.5 Å². The predicted molar refractivity (Wildman–Crippen MR) is 82.5 cm³/mol. The first-order chi connectivity index (χ1) is 9.69. The van der Waals surface area contributed by atoms with E-state index in [9.17, 15) is 0 Å². The van der Waals surface area contributed by atoms with Crippen molar-refractivity contribution in [2.75, 3.05) is 27.2 Å². The van der Waals surface area contributed by atoms with Crippen molar-refractivity contribution in [3.05, 3.63) is 28.8 Å². The maximum atomic E-state index is 6.21. The zero-order chi connectivity index (χ0) is 14.1. The quantitative estimate of drug-likeness (QED) is 0.899. The molecule has 1 atom stereocenters. The molecule has 1 aromatic rings. The maximum Gasteiger partial charge on any atom is 0.122 e. The zero-order valence-electron chi connectivity index (χ0n) is 12.7. The summed E-state index contributed by atoms with van der Waals surface area (Å²) in [5.41, 5.74) is 10.7. The highest BCUT2D eigenvalue weighted by Gasteiger charge is 2.26. The van der Waals surface area contributed by atoms with Crippen LogP contribution in [0.3, 0.4) is 0 Å². The molecule has 0 aromatic heterocycles. The van der Waals surface area contributed by atoms with Crippen LogP contribution in [0.4, 0.5) is 0 Å². The lowest BCUT2D eigenvalue weighted by Crippen LogP contribution is -2.32. The van der Waals surface area contributed by atoms with E-state index in [0.717, 1.165) is 25.0 Å². The molecule has 1 aliphatic carbocycles. The van der Waals surface area contributed by atoms with Crippen LogP contribution in [0, 0.1) is 0 Å². The average Bonchev–Trinajstić information content (AvgIpc) is 2.47. The third-order valence-electron chi connectivity index (χ3n) is 5.03. The summed E-state index contributed by atoms with van der Waals surface area (Å²) in [4.78, 5) is 2.43. The smallest absolute Gasteiger partial charge is 0.122 e. The Kier molecular flexibility index (Phi) is 3.99. The van der Waals surface area contributed by atoms with Crippen LogP contribution in [0.5, 0.6) is 5.75 Å². The molecule has 20 heavy (non-hydrogen) atoms. The molecule has 0 spiro atoms. The predicted octanol–water partition coefficient (Wildman–Crippen LogP) is 2.32. The lowest BCUT2D eigenvalue weighted by molar-refractivity contribution is 0.254. The van der Waals surface area contributed by atoms with Gasteiger partial charge >= 0.3 is 0 Å². The average molecular weight is 274 g/mol. The minimum Gasteiger partial charge on any atom is -0.496 e. The van der Waals surface area contributed by atoms with E-state index in [1.807, 2.05) is 0 Å². The maximum absolute atomic E-state index is 6.21. The Hall–Kier alpha value is -1.06. The van der Waals surface area contributed by atoms with Crippen LogP contribution >= 0.6 is 0 Å². The molecular weight excluding hydrogens is 248 g/mol. The lowest BCUT2D eigenvalue weighted by atomic mass is 9.79. The number of nitrogens with two attached hydrogens (primary N) is 1. The molecule has 0 unspecified atom stereocenters.